The highest BCUT2D eigenvalue weighted by atomic mass is 32.1. The summed E-state index contributed by atoms with van der Waals surface area (Å²) in [5.41, 5.74) is 2.48. The summed E-state index contributed by atoms with van der Waals surface area (Å²) >= 11 is 1.25. The van der Waals surface area contributed by atoms with Crippen LogP contribution < -0.4 is 4.74 Å². The summed E-state index contributed by atoms with van der Waals surface area (Å²) in [5.74, 6) is 0. The second kappa shape index (κ2) is 3.80. The zero-order chi connectivity index (χ0) is 9.97. The molecule has 0 N–H and O–H groups in total. The van der Waals surface area contributed by atoms with Crippen LogP contribution in [0.3, 0.4) is 0 Å². The van der Waals surface area contributed by atoms with E-state index >= 15 is 0 Å². The van der Waals surface area contributed by atoms with E-state index < -0.39 is 0 Å². The van der Waals surface area contributed by atoms with E-state index in [1.54, 1.807) is 6.07 Å². The van der Waals surface area contributed by atoms with Crippen LogP contribution in [-0.2, 0) is 6.54 Å². The Bertz CT molecular complexity index is 467. The van der Waals surface area contributed by atoms with Crippen molar-refractivity contribution in [1.82, 2.24) is 3.96 Å². The molecule has 0 aliphatic heterocycles. The third kappa shape index (κ3) is 2.12. The second-order valence-corrected chi connectivity index (χ2v) is 4.34. The lowest BCUT2D eigenvalue weighted by atomic mass is 10.1. The molecule has 14 heavy (non-hydrogen) atoms. The molecule has 0 saturated carbocycles. The molecule has 1 heterocycles. The SMILES string of the molecule is Cc1ccc(Cn2ccc(=O)s2)cc1. The summed E-state index contributed by atoms with van der Waals surface area (Å²) in [6.45, 7) is 2.85. The number of aromatic nitrogens is 1. The van der Waals surface area contributed by atoms with Gasteiger partial charge in [0.1, 0.15) is 0 Å². The van der Waals surface area contributed by atoms with Crippen molar-refractivity contribution in [2.75, 3.05) is 0 Å². The molecular weight excluding hydrogens is 194 g/mol. The smallest absolute Gasteiger partial charge is 0.249 e. The first-order valence-electron chi connectivity index (χ1n) is 4.46. The van der Waals surface area contributed by atoms with Crippen molar-refractivity contribution < 1.29 is 0 Å². The van der Waals surface area contributed by atoms with Crippen molar-refractivity contribution >= 4 is 11.5 Å². The van der Waals surface area contributed by atoms with E-state index in [9.17, 15) is 4.79 Å². The zero-order valence-electron chi connectivity index (χ0n) is 7.93. The molecule has 1 aromatic carbocycles. The number of rotatable bonds is 2. The van der Waals surface area contributed by atoms with Crippen molar-refractivity contribution in [1.29, 1.82) is 0 Å². The molecule has 2 aromatic rings. The van der Waals surface area contributed by atoms with Crippen LogP contribution in [0.25, 0.3) is 0 Å². The first-order chi connectivity index (χ1) is 6.74. The lowest BCUT2D eigenvalue weighted by Crippen LogP contribution is -1.94. The summed E-state index contributed by atoms with van der Waals surface area (Å²) in [6.07, 6.45) is 1.83. The molecule has 0 aliphatic carbocycles. The van der Waals surface area contributed by atoms with Crippen molar-refractivity contribution in [3.05, 3.63) is 57.2 Å². The minimum absolute atomic E-state index is 0.108. The molecule has 0 aliphatic rings. The van der Waals surface area contributed by atoms with Crippen molar-refractivity contribution in [2.45, 2.75) is 13.5 Å². The molecule has 3 heteroatoms. The van der Waals surface area contributed by atoms with E-state index in [0.717, 1.165) is 6.54 Å². The quantitative estimate of drug-likeness (QED) is 0.737. The Morgan fingerprint density at radius 3 is 2.50 bits per heavy atom. The average molecular weight is 205 g/mol. The van der Waals surface area contributed by atoms with Gasteiger partial charge in [-0.3, -0.25) is 8.75 Å². The molecule has 0 saturated heterocycles. The Kier molecular flexibility index (Phi) is 2.50. The van der Waals surface area contributed by atoms with Gasteiger partial charge in [0.15, 0.2) is 0 Å². The number of benzene rings is 1. The maximum atomic E-state index is 10.9. The Balaban J connectivity index is 2.19. The molecule has 0 fully saturated rings. The third-order valence-corrected chi connectivity index (χ3v) is 2.84. The van der Waals surface area contributed by atoms with E-state index in [1.807, 2.05) is 10.2 Å². The van der Waals surface area contributed by atoms with Gasteiger partial charge in [0, 0.05) is 12.3 Å². The molecule has 2 rings (SSSR count). The minimum Gasteiger partial charge on any atom is -0.298 e. The van der Waals surface area contributed by atoms with E-state index in [-0.39, 0.29) is 4.74 Å². The van der Waals surface area contributed by atoms with Crippen molar-refractivity contribution in [3.8, 4) is 0 Å². The first-order valence-corrected chi connectivity index (χ1v) is 5.24. The highest BCUT2D eigenvalue weighted by molar-refractivity contribution is 7.03. The maximum Gasteiger partial charge on any atom is 0.249 e. The summed E-state index contributed by atoms with van der Waals surface area (Å²) in [6, 6.07) is 9.95. The molecule has 0 unspecified atom stereocenters. The van der Waals surface area contributed by atoms with Crippen LogP contribution in [0.5, 0.6) is 0 Å². The zero-order valence-corrected chi connectivity index (χ0v) is 8.75. The normalized spacial score (nSPS) is 10.4. The third-order valence-electron chi connectivity index (χ3n) is 2.04. The summed E-state index contributed by atoms with van der Waals surface area (Å²) in [7, 11) is 0. The number of hydrogen-bond acceptors (Lipinski definition) is 2. The molecule has 0 spiro atoms. The Morgan fingerprint density at radius 1 is 1.21 bits per heavy atom. The second-order valence-electron chi connectivity index (χ2n) is 3.29. The fourth-order valence-corrected chi connectivity index (χ4v) is 1.97. The summed E-state index contributed by atoms with van der Waals surface area (Å²) in [4.78, 5) is 10.9. The molecule has 0 atom stereocenters. The van der Waals surface area contributed by atoms with Gasteiger partial charge in [-0.25, -0.2) is 0 Å². The van der Waals surface area contributed by atoms with Gasteiger partial charge >= 0.3 is 0 Å². The standard InChI is InChI=1S/C11H11NOS/c1-9-2-4-10(5-3-9)8-12-7-6-11(13)14-12/h2-7H,8H2,1H3. The minimum atomic E-state index is 0.108. The monoisotopic (exact) mass is 205 g/mol. The molecule has 72 valence electrons. The summed E-state index contributed by atoms with van der Waals surface area (Å²) in [5, 5.41) is 0. The van der Waals surface area contributed by atoms with Crippen molar-refractivity contribution in [2.24, 2.45) is 0 Å². The van der Waals surface area contributed by atoms with Crippen LogP contribution in [0, 0.1) is 6.92 Å². The molecule has 1 aromatic heterocycles. The first kappa shape index (κ1) is 9.21. The number of aryl methyl sites for hydroxylation is 1. The molecule has 2 nitrogen and oxygen atoms in total. The van der Waals surface area contributed by atoms with Crippen LogP contribution >= 0.6 is 11.5 Å². The van der Waals surface area contributed by atoms with Gasteiger partial charge in [-0.2, -0.15) is 0 Å². The predicted octanol–water partition coefficient (Wildman–Crippen LogP) is 2.27. The summed E-state index contributed by atoms with van der Waals surface area (Å²) < 4.78 is 2.05. The highest BCUT2D eigenvalue weighted by Gasteiger charge is 1.95. The Hall–Kier alpha value is -1.35. The van der Waals surface area contributed by atoms with E-state index in [4.69, 9.17) is 0 Å². The average Bonchev–Trinajstić information content (AvgIpc) is 2.56. The van der Waals surface area contributed by atoms with Crippen LogP contribution in [0.15, 0.2) is 41.3 Å². The van der Waals surface area contributed by atoms with Gasteiger partial charge in [0.05, 0.1) is 6.54 Å². The van der Waals surface area contributed by atoms with Crippen LogP contribution in [0.2, 0.25) is 0 Å². The fourth-order valence-electron chi connectivity index (χ4n) is 1.28. The Morgan fingerprint density at radius 2 is 1.93 bits per heavy atom. The van der Waals surface area contributed by atoms with E-state index in [0.29, 0.717) is 0 Å². The van der Waals surface area contributed by atoms with Crippen LogP contribution in [0.4, 0.5) is 0 Å². The fraction of sp³-hybridized carbons (Fsp3) is 0.182. The van der Waals surface area contributed by atoms with Crippen LogP contribution in [-0.4, -0.2) is 3.96 Å². The van der Waals surface area contributed by atoms with E-state index in [2.05, 4.69) is 31.2 Å². The molecule has 0 amide bonds. The molecule has 0 bridgehead atoms. The topological polar surface area (TPSA) is 22.0 Å². The highest BCUT2D eigenvalue weighted by Crippen LogP contribution is 2.06. The van der Waals surface area contributed by atoms with Gasteiger partial charge in [-0.1, -0.05) is 29.8 Å². The van der Waals surface area contributed by atoms with Gasteiger partial charge in [-0.15, -0.1) is 0 Å². The largest absolute Gasteiger partial charge is 0.298 e. The van der Waals surface area contributed by atoms with Crippen LogP contribution in [0.1, 0.15) is 11.1 Å². The predicted molar refractivity (Wildman–Crippen MR) is 58.9 cm³/mol. The Labute approximate surface area is 86.6 Å². The molecule has 0 radical (unpaired) electrons. The van der Waals surface area contributed by atoms with Crippen molar-refractivity contribution in [3.63, 3.8) is 0 Å². The maximum absolute atomic E-state index is 10.9. The number of nitrogens with zero attached hydrogens (tertiary/aromatic N) is 1. The van der Waals surface area contributed by atoms with Gasteiger partial charge in [0.25, 0.3) is 0 Å². The lowest BCUT2D eigenvalue weighted by molar-refractivity contribution is 0.881. The molecular formula is C11H11NOS. The van der Waals surface area contributed by atoms with Gasteiger partial charge in [0.2, 0.25) is 4.74 Å². The van der Waals surface area contributed by atoms with Gasteiger partial charge < -0.3 is 0 Å². The van der Waals surface area contributed by atoms with E-state index in [1.165, 1.54) is 22.7 Å². The lowest BCUT2D eigenvalue weighted by Gasteiger charge is -2.01. The number of hydrogen-bond donors (Lipinski definition) is 0. The van der Waals surface area contributed by atoms with Gasteiger partial charge in [-0.05, 0) is 24.0 Å².